The van der Waals surface area contributed by atoms with E-state index in [2.05, 4.69) is 173 Å². The number of carboxylic acid groups (broad SMARTS) is 3. The average Bonchev–Trinajstić information content (AvgIpc) is 1.91. The number of hydrogen-bond acceptors (Lipinski definition) is 12. The highest BCUT2D eigenvalue weighted by Gasteiger charge is 2.35. The zero-order chi connectivity index (χ0) is 63.7. The van der Waals surface area contributed by atoms with Crippen LogP contribution in [-0.4, -0.2) is 113 Å². The molecule has 18 nitrogen and oxygen atoms in total. The molecule has 456 valence electrons. The van der Waals surface area contributed by atoms with Gasteiger partial charge in [-0.3, -0.25) is 42.5 Å². The van der Waals surface area contributed by atoms with Crippen molar-refractivity contribution in [3.63, 3.8) is 0 Å². The molecule has 0 saturated carbocycles. The summed E-state index contributed by atoms with van der Waals surface area (Å²) in [5.74, 6) is -3.93. The number of aryl methyl sites for hydroxylation is 2. The molecule has 24 heteroatoms. The number of halogens is 3. The molecule has 0 radical (unpaired) electrons. The topological polar surface area (TPSA) is 253 Å². The minimum atomic E-state index is -1.08. The number of carbonyl (C=O) groups excluding carboxylic acids is 3. The van der Waals surface area contributed by atoms with E-state index in [4.69, 9.17) is 15.3 Å². The van der Waals surface area contributed by atoms with E-state index in [1.165, 1.54) is 62.7 Å². The molecule has 6 aromatic carbocycles. The maximum Gasteiger partial charge on any atom is 0.322 e. The molecule has 3 amide bonds. The molecule has 0 saturated heterocycles. The quantitative estimate of drug-likeness (QED) is 0.0388. The van der Waals surface area contributed by atoms with E-state index in [-0.39, 0.29) is 17.7 Å². The van der Waals surface area contributed by atoms with E-state index in [1.807, 2.05) is 56.2 Å². The number of aromatic nitrogens is 6. The van der Waals surface area contributed by atoms with Crippen molar-refractivity contribution < 1.29 is 44.1 Å². The highest BCUT2D eigenvalue weighted by Crippen LogP contribution is 2.41. The number of amides is 3. The van der Waals surface area contributed by atoms with Crippen LogP contribution in [0.1, 0.15) is 84.9 Å². The van der Waals surface area contributed by atoms with E-state index in [1.54, 1.807) is 60.1 Å². The monoisotopic (exact) mass is 1430 g/mol. The Kier molecular flexibility index (Phi) is 22.4. The number of benzene rings is 6. The summed E-state index contributed by atoms with van der Waals surface area (Å²) in [5, 5.41) is 42.5. The first-order chi connectivity index (χ1) is 41.1. The van der Waals surface area contributed by atoms with Gasteiger partial charge in [0, 0.05) is 16.2 Å². The Morgan fingerprint density at radius 2 is 0.782 bits per heavy atom. The third-order valence-electron chi connectivity index (χ3n) is 13.7. The van der Waals surface area contributed by atoms with Crippen LogP contribution in [0.5, 0.6) is 0 Å². The molecule has 0 bridgehead atoms. The van der Waals surface area contributed by atoms with E-state index in [0.29, 0.717) is 21.4 Å². The standard InChI is InChI=1S/C22H24BrN3O3S.C21H22BrN3O3S.C20H20BrN3O3S/c1-13(2)14-9-10-17(16-8-6-5-7-15(14)16)26-18(23)11-25-21(26)30-22(3,4)20(29)24-12-19(27)28;1-4-13-9-10-16(15-8-6-5-7-14(13)15)25-17(22)11-24-20(25)29-21(2,3)19(28)23-12-18(26)27;1-12-8-9-15(14-7-5-4-6-13(12)14)24-16(21)10-23-19(24)28-20(2,3)18(27)22-11-17(25)26/h5-11,13H,12H2,1-4H3,(H,24,29)(H,27,28);5-11H,4,12H2,1-3H3,(H,23,28)(H,26,27);4-10H,11H2,1-3H3,(H,22,27)(H,25,26). The molecule has 0 aliphatic carbocycles. The molecule has 87 heavy (non-hydrogen) atoms. The number of nitrogens with zero attached hydrogens (tertiary/aromatic N) is 6. The average molecular weight is 1430 g/mol. The van der Waals surface area contributed by atoms with Crippen LogP contribution in [0.2, 0.25) is 0 Å². The van der Waals surface area contributed by atoms with Crippen molar-refractivity contribution in [2.75, 3.05) is 19.6 Å². The Hall–Kier alpha value is -6.96. The fourth-order valence-electron chi connectivity index (χ4n) is 9.23. The fraction of sp³-hybridized carbons (Fsp3) is 0.286. The van der Waals surface area contributed by atoms with Gasteiger partial charge in [-0.25, -0.2) is 15.0 Å². The maximum absolute atomic E-state index is 12.5. The van der Waals surface area contributed by atoms with Gasteiger partial charge in [0.05, 0.1) is 49.9 Å². The zero-order valence-electron chi connectivity index (χ0n) is 49.4. The molecule has 0 aliphatic rings. The van der Waals surface area contributed by atoms with Crippen molar-refractivity contribution in [2.24, 2.45) is 0 Å². The van der Waals surface area contributed by atoms with Gasteiger partial charge < -0.3 is 31.3 Å². The number of nitrogens with one attached hydrogen (secondary N) is 3. The lowest BCUT2D eigenvalue weighted by molar-refractivity contribution is -0.138. The van der Waals surface area contributed by atoms with Crippen LogP contribution >= 0.6 is 83.1 Å². The van der Waals surface area contributed by atoms with Crippen LogP contribution in [0.3, 0.4) is 0 Å². The van der Waals surface area contributed by atoms with Gasteiger partial charge in [0.1, 0.15) is 33.4 Å². The lowest BCUT2D eigenvalue weighted by atomic mass is 9.95. The Morgan fingerprint density at radius 3 is 1.14 bits per heavy atom. The number of fused-ring (bicyclic) bond motifs is 3. The minimum Gasteiger partial charge on any atom is -0.480 e. The second-order valence-electron chi connectivity index (χ2n) is 21.6. The third-order valence-corrected chi connectivity index (χ3v) is 18.9. The fourth-order valence-corrected chi connectivity index (χ4v) is 14.0. The van der Waals surface area contributed by atoms with Crippen LogP contribution in [0.15, 0.2) is 157 Å². The molecular weight excluding hydrogens is 1360 g/mol. The number of carboxylic acids is 3. The number of carbonyl (C=O) groups is 6. The second-order valence-corrected chi connectivity index (χ2v) is 28.8. The van der Waals surface area contributed by atoms with Gasteiger partial charge in [-0.15, -0.1) is 0 Å². The Labute approximate surface area is 541 Å². The van der Waals surface area contributed by atoms with E-state index in [9.17, 15) is 28.8 Å². The van der Waals surface area contributed by atoms with Gasteiger partial charge in [-0.1, -0.05) is 147 Å². The van der Waals surface area contributed by atoms with Crippen molar-refractivity contribution in [1.82, 2.24) is 44.6 Å². The SMILES string of the molecule is CC(C)c1ccc(-n2c(Br)cnc2SC(C)(C)C(=O)NCC(=O)O)c2ccccc12.CCc1ccc(-n2c(Br)cnc2SC(C)(C)C(=O)NCC(=O)O)c2ccccc12.Cc1ccc(-n2c(Br)cnc2SC(C)(C)C(=O)NCC(=O)O)c2ccccc12. The van der Waals surface area contributed by atoms with Crippen LogP contribution in [0, 0.1) is 6.92 Å². The van der Waals surface area contributed by atoms with E-state index in [0.717, 1.165) is 58.8 Å². The lowest BCUT2D eigenvalue weighted by Gasteiger charge is -2.23. The Bertz CT molecular complexity index is 4070. The Balaban J connectivity index is 0.000000187. The molecule has 0 fully saturated rings. The first-order valence-electron chi connectivity index (χ1n) is 27.4. The smallest absolute Gasteiger partial charge is 0.322 e. The molecule has 9 aromatic rings. The zero-order valence-corrected chi connectivity index (χ0v) is 56.6. The molecule has 3 aromatic heterocycles. The normalized spacial score (nSPS) is 11.7. The van der Waals surface area contributed by atoms with Gasteiger partial charge in [0.15, 0.2) is 15.5 Å². The molecule has 0 aliphatic heterocycles. The molecule has 3 heterocycles. The predicted molar refractivity (Wildman–Crippen MR) is 356 cm³/mol. The van der Waals surface area contributed by atoms with E-state index < -0.39 is 51.8 Å². The first kappa shape index (κ1) is 67.5. The third kappa shape index (κ3) is 16.2. The van der Waals surface area contributed by atoms with Crippen LogP contribution < -0.4 is 16.0 Å². The highest BCUT2D eigenvalue weighted by molar-refractivity contribution is 9.11. The summed E-state index contributed by atoms with van der Waals surface area (Å²) in [7, 11) is 0. The summed E-state index contributed by atoms with van der Waals surface area (Å²) in [6.45, 7) is 17.8. The van der Waals surface area contributed by atoms with Crippen molar-refractivity contribution in [3.8, 4) is 17.1 Å². The molecule has 0 unspecified atom stereocenters. The van der Waals surface area contributed by atoms with Crippen molar-refractivity contribution in [3.05, 3.63) is 158 Å². The molecule has 9 rings (SSSR count). The highest BCUT2D eigenvalue weighted by atomic mass is 79.9. The van der Waals surface area contributed by atoms with Crippen molar-refractivity contribution in [1.29, 1.82) is 0 Å². The number of imidazole rings is 3. The first-order valence-corrected chi connectivity index (χ1v) is 32.2. The largest absolute Gasteiger partial charge is 0.480 e. The van der Waals surface area contributed by atoms with Crippen molar-refractivity contribution >= 4 is 151 Å². The predicted octanol–water partition coefficient (Wildman–Crippen LogP) is 13.6. The van der Waals surface area contributed by atoms with E-state index >= 15 is 0 Å². The summed E-state index contributed by atoms with van der Waals surface area (Å²) in [5.41, 5.74) is 6.60. The van der Waals surface area contributed by atoms with Crippen LogP contribution in [0.4, 0.5) is 0 Å². The summed E-state index contributed by atoms with van der Waals surface area (Å²) in [6, 6.07) is 37.1. The number of rotatable bonds is 20. The summed E-state index contributed by atoms with van der Waals surface area (Å²) >= 11 is 14.6. The molecule has 6 N–H and O–H groups in total. The Morgan fingerprint density at radius 1 is 0.471 bits per heavy atom. The summed E-state index contributed by atoms with van der Waals surface area (Å²) in [4.78, 5) is 83.2. The second kappa shape index (κ2) is 28.9. The number of thioether (sulfide) groups is 3. The van der Waals surface area contributed by atoms with Gasteiger partial charge in [-0.05, 0) is 160 Å². The number of hydrogen-bond donors (Lipinski definition) is 6. The summed E-state index contributed by atoms with van der Waals surface area (Å²) < 4.78 is 5.50. The van der Waals surface area contributed by atoms with Crippen molar-refractivity contribution in [2.45, 2.75) is 111 Å². The maximum atomic E-state index is 12.5. The van der Waals surface area contributed by atoms with Crippen LogP contribution in [-0.2, 0) is 35.2 Å². The van der Waals surface area contributed by atoms with Crippen LogP contribution in [0.25, 0.3) is 49.4 Å². The van der Waals surface area contributed by atoms with Gasteiger partial charge in [-0.2, -0.15) is 0 Å². The molecule has 0 spiro atoms. The molecule has 0 atom stereocenters. The lowest BCUT2D eigenvalue weighted by Crippen LogP contribution is -2.42. The van der Waals surface area contributed by atoms with Gasteiger partial charge in [0.25, 0.3) is 0 Å². The van der Waals surface area contributed by atoms with Gasteiger partial charge >= 0.3 is 17.9 Å². The minimum absolute atomic E-state index is 0.359. The molecular formula is C63H66Br3N9O9S3. The summed E-state index contributed by atoms with van der Waals surface area (Å²) in [6.07, 6.45) is 6.04. The number of aliphatic carboxylic acids is 3. The van der Waals surface area contributed by atoms with Gasteiger partial charge in [0.2, 0.25) is 17.7 Å².